The Morgan fingerprint density at radius 1 is 0.800 bits per heavy atom. The molecule has 3 aromatic carbocycles. The minimum Gasteiger partial charge on any atom is -0.255 e. The number of thiophene rings is 1. The zero-order valence-corrected chi connectivity index (χ0v) is 24.0. The first-order valence-electron chi connectivity index (χ1n) is 12.5. The SMILES string of the molecule is Cc1cc([Si](C)(C)C)cc(C)c1-c1cc2ccnc(-c3cc(C(C)(C)C)c4ccccc4c3)c2s1. The molecular formula is C32H35NSSi. The number of rotatable bonds is 3. The lowest BCUT2D eigenvalue weighted by atomic mass is 9.82. The van der Waals surface area contributed by atoms with Gasteiger partial charge in [-0.1, -0.05) is 82.0 Å². The number of nitrogens with zero attached hydrogens (tertiary/aromatic N) is 1. The number of benzene rings is 3. The third-order valence-corrected chi connectivity index (χ3v) is 10.2. The second-order valence-electron chi connectivity index (χ2n) is 11.9. The maximum atomic E-state index is 4.92. The van der Waals surface area contributed by atoms with Gasteiger partial charge in [-0.3, -0.25) is 4.98 Å². The molecule has 0 atom stereocenters. The maximum absolute atomic E-state index is 4.92. The van der Waals surface area contributed by atoms with Gasteiger partial charge in [0.1, 0.15) is 0 Å². The second-order valence-corrected chi connectivity index (χ2v) is 18.0. The lowest BCUT2D eigenvalue weighted by Crippen LogP contribution is -2.38. The molecule has 0 amide bonds. The van der Waals surface area contributed by atoms with E-state index >= 15 is 0 Å². The summed E-state index contributed by atoms with van der Waals surface area (Å²) in [6.07, 6.45) is 1.97. The highest BCUT2D eigenvalue weighted by atomic mass is 32.1. The minimum atomic E-state index is -1.35. The van der Waals surface area contributed by atoms with Gasteiger partial charge in [0.15, 0.2) is 0 Å². The van der Waals surface area contributed by atoms with Crippen molar-refractivity contribution in [3.63, 3.8) is 0 Å². The minimum absolute atomic E-state index is 0.0520. The number of hydrogen-bond donors (Lipinski definition) is 0. The molecule has 0 saturated carbocycles. The highest BCUT2D eigenvalue weighted by molar-refractivity contribution is 7.22. The van der Waals surface area contributed by atoms with Crippen LogP contribution in [-0.2, 0) is 5.41 Å². The van der Waals surface area contributed by atoms with Gasteiger partial charge in [-0.15, -0.1) is 11.3 Å². The van der Waals surface area contributed by atoms with Gasteiger partial charge in [0.05, 0.1) is 18.5 Å². The van der Waals surface area contributed by atoms with Crippen LogP contribution in [0.15, 0.2) is 66.9 Å². The molecule has 2 heterocycles. The second kappa shape index (κ2) is 8.43. The van der Waals surface area contributed by atoms with Crippen LogP contribution in [0.3, 0.4) is 0 Å². The Kier molecular flexibility index (Phi) is 5.77. The number of hydrogen-bond acceptors (Lipinski definition) is 2. The van der Waals surface area contributed by atoms with Crippen LogP contribution in [0.5, 0.6) is 0 Å². The van der Waals surface area contributed by atoms with E-state index in [-0.39, 0.29) is 5.41 Å². The summed E-state index contributed by atoms with van der Waals surface area (Å²) < 4.78 is 1.27. The van der Waals surface area contributed by atoms with E-state index in [4.69, 9.17) is 4.98 Å². The number of pyridine rings is 1. The quantitative estimate of drug-likeness (QED) is 0.228. The molecule has 0 aliphatic rings. The Morgan fingerprint density at radius 2 is 1.49 bits per heavy atom. The van der Waals surface area contributed by atoms with Crippen molar-refractivity contribution < 1.29 is 0 Å². The van der Waals surface area contributed by atoms with Crippen LogP contribution in [0.2, 0.25) is 19.6 Å². The Hall–Kier alpha value is -2.75. The van der Waals surface area contributed by atoms with Crippen molar-refractivity contribution in [3.8, 4) is 21.7 Å². The van der Waals surface area contributed by atoms with Gasteiger partial charge >= 0.3 is 0 Å². The number of aromatic nitrogens is 1. The van der Waals surface area contributed by atoms with Crippen molar-refractivity contribution in [3.05, 3.63) is 83.6 Å². The molecule has 0 N–H and O–H groups in total. The standard InChI is InChI=1S/C32H35NSSi/c1-20-15-25(35(6,7)8)16-21(2)29(20)28-19-23-13-14-33-30(31(23)34-28)24-17-22-11-9-10-12-26(22)27(18-24)32(3,4)5/h9-19H,1-8H3. The predicted octanol–water partition coefficient (Wildman–Crippen LogP) is 9.24. The molecule has 0 radical (unpaired) electrons. The molecule has 35 heavy (non-hydrogen) atoms. The fourth-order valence-corrected chi connectivity index (χ4v) is 7.79. The average Bonchev–Trinajstić information content (AvgIpc) is 3.20. The third-order valence-electron chi connectivity index (χ3n) is 7.02. The predicted molar refractivity (Wildman–Crippen MR) is 159 cm³/mol. The van der Waals surface area contributed by atoms with E-state index < -0.39 is 8.07 Å². The van der Waals surface area contributed by atoms with Crippen molar-refractivity contribution in [2.45, 2.75) is 59.7 Å². The molecule has 0 fully saturated rings. The largest absolute Gasteiger partial charge is 0.255 e. The smallest absolute Gasteiger partial charge is 0.0880 e. The van der Waals surface area contributed by atoms with Gasteiger partial charge < -0.3 is 0 Å². The molecule has 0 unspecified atom stereocenters. The van der Waals surface area contributed by atoms with E-state index in [9.17, 15) is 0 Å². The average molecular weight is 494 g/mol. The van der Waals surface area contributed by atoms with Crippen LogP contribution in [0.1, 0.15) is 37.5 Å². The van der Waals surface area contributed by atoms with Gasteiger partial charge in [0, 0.05) is 16.6 Å². The van der Waals surface area contributed by atoms with Crippen molar-refractivity contribution in [1.82, 2.24) is 4.98 Å². The Morgan fingerprint density at radius 3 is 2.14 bits per heavy atom. The Labute approximate surface area is 214 Å². The van der Waals surface area contributed by atoms with E-state index in [1.807, 2.05) is 17.5 Å². The van der Waals surface area contributed by atoms with Crippen LogP contribution in [0, 0.1) is 13.8 Å². The van der Waals surface area contributed by atoms with Crippen LogP contribution in [-0.4, -0.2) is 13.1 Å². The molecule has 0 bridgehead atoms. The summed E-state index contributed by atoms with van der Waals surface area (Å²) in [5.74, 6) is 0. The maximum Gasteiger partial charge on any atom is 0.0880 e. The number of aryl methyl sites for hydroxylation is 2. The van der Waals surface area contributed by atoms with Crippen molar-refractivity contribution in [1.29, 1.82) is 0 Å². The normalized spacial score (nSPS) is 12.6. The molecule has 2 aromatic heterocycles. The first-order chi connectivity index (χ1) is 16.4. The van der Waals surface area contributed by atoms with E-state index in [0.717, 1.165) is 5.69 Å². The van der Waals surface area contributed by atoms with Gasteiger partial charge in [-0.2, -0.15) is 0 Å². The van der Waals surface area contributed by atoms with Crippen LogP contribution in [0.25, 0.3) is 42.6 Å². The summed E-state index contributed by atoms with van der Waals surface area (Å²) in [5, 5.41) is 5.41. The van der Waals surface area contributed by atoms with Gasteiger partial charge in [-0.25, -0.2) is 0 Å². The van der Waals surface area contributed by atoms with Crippen molar-refractivity contribution in [2.24, 2.45) is 0 Å². The Bertz CT molecular complexity index is 1550. The van der Waals surface area contributed by atoms with Gasteiger partial charge in [0.2, 0.25) is 0 Å². The Balaban J connectivity index is 1.71. The van der Waals surface area contributed by atoms with E-state index in [1.54, 1.807) is 0 Å². The molecule has 0 spiro atoms. The zero-order valence-electron chi connectivity index (χ0n) is 22.2. The molecule has 5 aromatic rings. The number of fused-ring (bicyclic) bond motifs is 2. The summed E-state index contributed by atoms with van der Waals surface area (Å²) in [6.45, 7) is 18.7. The van der Waals surface area contributed by atoms with E-state index in [1.165, 1.54) is 58.7 Å². The summed E-state index contributed by atoms with van der Waals surface area (Å²) in [5.41, 5.74) is 7.85. The van der Waals surface area contributed by atoms with Gasteiger partial charge in [-0.05, 0) is 81.9 Å². The molecule has 0 aliphatic carbocycles. The van der Waals surface area contributed by atoms with E-state index in [0.29, 0.717) is 0 Å². The summed E-state index contributed by atoms with van der Waals surface area (Å²) in [7, 11) is -1.35. The highest BCUT2D eigenvalue weighted by Gasteiger charge is 2.22. The summed E-state index contributed by atoms with van der Waals surface area (Å²) in [4.78, 5) is 6.26. The molecule has 1 nitrogen and oxygen atoms in total. The van der Waals surface area contributed by atoms with Gasteiger partial charge in [0.25, 0.3) is 0 Å². The van der Waals surface area contributed by atoms with Crippen molar-refractivity contribution in [2.75, 3.05) is 0 Å². The van der Waals surface area contributed by atoms with Crippen LogP contribution in [0.4, 0.5) is 0 Å². The molecule has 0 aliphatic heterocycles. The summed E-state index contributed by atoms with van der Waals surface area (Å²) >= 11 is 1.88. The topological polar surface area (TPSA) is 12.9 Å². The lowest BCUT2D eigenvalue weighted by molar-refractivity contribution is 0.596. The van der Waals surface area contributed by atoms with Crippen LogP contribution >= 0.6 is 11.3 Å². The lowest BCUT2D eigenvalue weighted by Gasteiger charge is -2.22. The van der Waals surface area contributed by atoms with Crippen molar-refractivity contribution >= 4 is 45.5 Å². The molecular weight excluding hydrogens is 459 g/mol. The van der Waals surface area contributed by atoms with E-state index in [2.05, 4.69) is 115 Å². The van der Waals surface area contributed by atoms with Crippen LogP contribution < -0.4 is 5.19 Å². The molecule has 3 heteroatoms. The monoisotopic (exact) mass is 493 g/mol. The molecule has 5 rings (SSSR count). The zero-order chi connectivity index (χ0) is 25.1. The fourth-order valence-electron chi connectivity index (χ4n) is 5.15. The molecule has 0 saturated heterocycles. The first-order valence-corrected chi connectivity index (χ1v) is 16.8. The highest BCUT2D eigenvalue weighted by Crippen LogP contribution is 2.42. The third kappa shape index (κ3) is 4.37. The molecule has 178 valence electrons. The fraction of sp³-hybridized carbons (Fsp3) is 0.281. The summed E-state index contributed by atoms with van der Waals surface area (Å²) in [6, 6.07) is 22.8. The first kappa shape index (κ1) is 24.0.